The molecule has 1 atom stereocenters. The number of alkyl halides is 3. The maximum absolute atomic E-state index is 12.6. The summed E-state index contributed by atoms with van der Waals surface area (Å²) in [5, 5.41) is 7.61. The first-order chi connectivity index (χ1) is 11.8. The molecule has 0 aliphatic heterocycles. The van der Waals surface area contributed by atoms with Crippen molar-refractivity contribution in [1.29, 1.82) is 0 Å². The molecule has 25 heavy (non-hydrogen) atoms. The lowest BCUT2D eigenvalue weighted by Gasteiger charge is -2.21. The lowest BCUT2D eigenvalue weighted by molar-refractivity contribution is -0.140. The van der Waals surface area contributed by atoms with Crippen LogP contribution in [0.5, 0.6) is 0 Å². The van der Waals surface area contributed by atoms with E-state index >= 15 is 0 Å². The van der Waals surface area contributed by atoms with Crippen LogP contribution < -0.4 is 10.6 Å². The Morgan fingerprint density at radius 1 is 1.32 bits per heavy atom. The van der Waals surface area contributed by atoms with Crippen LogP contribution >= 0.6 is 11.3 Å². The molecule has 1 heterocycles. The Kier molecular flexibility index (Phi) is 9.20. The second-order valence-corrected chi connectivity index (χ2v) is 6.72. The van der Waals surface area contributed by atoms with Gasteiger partial charge >= 0.3 is 6.18 Å². The number of guanidine groups is 1. The van der Waals surface area contributed by atoms with Gasteiger partial charge in [-0.15, -0.1) is 11.3 Å². The van der Waals surface area contributed by atoms with Gasteiger partial charge in [-0.1, -0.05) is 13.8 Å². The van der Waals surface area contributed by atoms with E-state index in [0.29, 0.717) is 36.6 Å². The molecule has 1 aromatic heterocycles. The molecule has 2 N–H and O–H groups in total. The van der Waals surface area contributed by atoms with Gasteiger partial charge in [0.25, 0.3) is 0 Å². The first-order valence-corrected chi connectivity index (χ1v) is 9.31. The highest BCUT2D eigenvalue weighted by atomic mass is 32.1. The number of ether oxygens (including phenoxy) is 1. The maximum atomic E-state index is 12.6. The average molecular weight is 380 g/mol. The van der Waals surface area contributed by atoms with Crippen LogP contribution in [0.25, 0.3) is 0 Å². The van der Waals surface area contributed by atoms with Crippen molar-refractivity contribution in [3.63, 3.8) is 0 Å². The summed E-state index contributed by atoms with van der Waals surface area (Å²) in [6, 6.07) is 0. The topological polar surface area (TPSA) is 58.5 Å². The van der Waals surface area contributed by atoms with Crippen molar-refractivity contribution >= 4 is 17.3 Å². The molecule has 0 radical (unpaired) electrons. The normalized spacial score (nSPS) is 14.0. The third-order valence-electron chi connectivity index (χ3n) is 3.40. The van der Waals surface area contributed by atoms with Gasteiger partial charge in [-0.25, -0.2) is 9.98 Å². The Hall–Kier alpha value is -1.35. The molecule has 0 aliphatic rings. The molecule has 0 bridgehead atoms. The molecule has 0 spiro atoms. The summed E-state index contributed by atoms with van der Waals surface area (Å²) in [7, 11) is 0. The molecule has 1 aromatic rings. The number of nitrogens with zero attached hydrogens (tertiary/aromatic N) is 2. The van der Waals surface area contributed by atoms with E-state index in [2.05, 4.69) is 34.5 Å². The fourth-order valence-electron chi connectivity index (χ4n) is 2.16. The van der Waals surface area contributed by atoms with Crippen molar-refractivity contribution in [3.8, 4) is 0 Å². The summed E-state index contributed by atoms with van der Waals surface area (Å²) in [5.74, 6) is 0.975. The Morgan fingerprint density at radius 2 is 2.04 bits per heavy atom. The van der Waals surface area contributed by atoms with Gasteiger partial charge < -0.3 is 15.4 Å². The highest BCUT2D eigenvalue weighted by Gasteiger charge is 2.33. The number of hydrogen-bond donors (Lipinski definition) is 2. The van der Waals surface area contributed by atoms with Crippen molar-refractivity contribution in [2.75, 3.05) is 19.7 Å². The minimum absolute atomic E-state index is 0.106. The molecule has 144 valence electrons. The third kappa shape index (κ3) is 8.04. The zero-order valence-electron chi connectivity index (χ0n) is 15.1. The average Bonchev–Trinajstić information content (AvgIpc) is 3.00. The van der Waals surface area contributed by atoms with Crippen LogP contribution in [0, 0.1) is 5.92 Å². The number of rotatable bonds is 9. The first-order valence-electron chi connectivity index (χ1n) is 8.43. The van der Waals surface area contributed by atoms with Crippen LogP contribution in [-0.4, -0.2) is 36.7 Å². The fraction of sp³-hybridized carbons (Fsp3) is 0.750. The van der Waals surface area contributed by atoms with Crippen LogP contribution in [0.2, 0.25) is 0 Å². The van der Waals surface area contributed by atoms with Gasteiger partial charge in [-0.05, 0) is 26.2 Å². The van der Waals surface area contributed by atoms with Crippen molar-refractivity contribution < 1.29 is 17.9 Å². The summed E-state index contributed by atoms with van der Waals surface area (Å²) in [6.45, 7) is 10.2. The van der Waals surface area contributed by atoms with Gasteiger partial charge in [0.2, 0.25) is 0 Å². The number of hydrogen-bond acceptors (Lipinski definition) is 4. The van der Waals surface area contributed by atoms with Crippen molar-refractivity contribution in [3.05, 3.63) is 16.1 Å². The molecule has 9 heteroatoms. The number of halogens is 3. The maximum Gasteiger partial charge on any atom is 0.434 e. The molecule has 0 fully saturated rings. The van der Waals surface area contributed by atoms with Crippen LogP contribution in [-0.2, 0) is 17.5 Å². The summed E-state index contributed by atoms with van der Waals surface area (Å²) in [5.41, 5.74) is -0.864. The summed E-state index contributed by atoms with van der Waals surface area (Å²) in [4.78, 5) is 7.88. The highest BCUT2D eigenvalue weighted by molar-refractivity contribution is 7.09. The molecule has 0 aromatic carbocycles. The lowest BCUT2D eigenvalue weighted by atomic mass is 10.0. The minimum Gasteiger partial charge on any atom is -0.378 e. The predicted octanol–water partition coefficient (Wildman–Crippen LogP) is 3.67. The Morgan fingerprint density at radius 3 is 2.56 bits per heavy atom. The van der Waals surface area contributed by atoms with Crippen LogP contribution in [0.4, 0.5) is 13.2 Å². The second-order valence-electron chi connectivity index (χ2n) is 5.77. The smallest absolute Gasteiger partial charge is 0.378 e. The van der Waals surface area contributed by atoms with Gasteiger partial charge in [0.05, 0.1) is 12.6 Å². The van der Waals surface area contributed by atoms with E-state index in [0.717, 1.165) is 23.1 Å². The van der Waals surface area contributed by atoms with E-state index in [-0.39, 0.29) is 12.6 Å². The molecule has 1 unspecified atom stereocenters. The molecule has 0 saturated carbocycles. The number of aromatic nitrogens is 1. The second kappa shape index (κ2) is 10.6. The molecule has 0 saturated heterocycles. The van der Waals surface area contributed by atoms with Crippen LogP contribution in [0.15, 0.2) is 10.4 Å². The fourth-order valence-corrected chi connectivity index (χ4v) is 2.88. The van der Waals surface area contributed by atoms with E-state index in [1.807, 2.05) is 13.8 Å². The molecule has 1 rings (SSSR count). The van der Waals surface area contributed by atoms with E-state index in [4.69, 9.17) is 4.74 Å². The van der Waals surface area contributed by atoms with Crippen LogP contribution in [0.1, 0.15) is 44.8 Å². The predicted molar refractivity (Wildman–Crippen MR) is 94.8 cm³/mol. The van der Waals surface area contributed by atoms with Crippen molar-refractivity contribution in [2.45, 2.75) is 52.9 Å². The molecular weight excluding hydrogens is 353 g/mol. The van der Waals surface area contributed by atoms with Gasteiger partial charge in [0, 0.05) is 25.1 Å². The van der Waals surface area contributed by atoms with Crippen molar-refractivity contribution in [1.82, 2.24) is 15.6 Å². The van der Waals surface area contributed by atoms with Crippen LogP contribution in [0.3, 0.4) is 0 Å². The van der Waals surface area contributed by atoms with Gasteiger partial charge in [-0.2, -0.15) is 13.2 Å². The third-order valence-corrected chi connectivity index (χ3v) is 4.24. The summed E-state index contributed by atoms with van der Waals surface area (Å²) >= 11 is 0.962. The monoisotopic (exact) mass is 380 g/mol. The number of nitrogens with one attached hydrogen (secondary N) is 2. The van der Waals surface area contributed by atoms with E-state index in [1.54, 1.807) is 0 Å². The molecule has 0 amide bonds. The van der Waals surface area contributed by atoms with Gasteiger partial charge in [0.15, 0.2) is 11.7 Å². The lowest BCUT2D eigenvalue weighted by Crippen LogP contribution is -2.39. The van der Waals surface area contributed by atoms with E-state index < -0.39 is 11.9 Å². The largest absolute Gasteiger partial charge is 0.434 e. The zero-order chi connectivity index (χ0) is 18.9. The standard InChI is InChI=1S/C16H27F3N4OS/c1-5-20-15(21-8-7-12(11(3)4)24-6-2)22-9-14-23-13(10-25-14)16(17,18)19/h10-12H,5-9H2,1-4H3,(H2,20,21,22). The summed E-state index contributed by atoms with van der Waals surface area (Å²) in [6.07, 6.45) is -3.42. The molecular formula is C16H27F3N4OS. The number of thiazole rings is 1. The van der Waals surface area contributed by atoms with Crippen molar-refractivity contribution in [2.24, 2.45) is 10.9 Å². The van der Waals surface area contributed by atoms with E-state index in [1.165, 1.54) is 0 Å². The summed E-state index contributed by atoms with van der Waals surface area (Å²) < 4.78 is 43.4. The Balaban J connectivity index is 2.57. The van der Waals surface area contributed by atoms with Gasteiger partial charge in [0.1, 0.15) is 5.01 Å². The van der Waals surface area contributed by atoms with Gasteiger partial charge in [-0.3, -0.25) is 0 Å². The SMILES string of the molecule is CCNC(=NCc1nc(C(F)(F)F)cs1)NCCC(OCC)C(C)C. The highest BCUT2D eigenvalue weighted by Crippen LogP contribution is 2.30. The Labute approximate surface area is 151 Å². The molecule has 5 nitrogen and oxygen atoms in total. The first kappa shape index (κ1) is 21.7. The zero-order valence-corrected chi connectivity index (χ0v) is 15.9. The molecule has 0 aliphatic carbocycles. The quantitative estimate of drug-likeness (QED) is 0.507. The van der Waals surface area contributed by atoms with E-state index in [9.17, 15) is 13.2 Å². The minimum atomic E-state index is -4.41. The Bertz CT molecular complexity index is 532. The number of aliphatic imine (C=N–C) groups is 1.